The Labute approximate surface area is 139 Å². The molecule has 0 aliphatic carbocycles. The van der Waals surface area contributed by atoms with Gasteiger partial charge in [-0.05, 0) is 36.4 Å². The number of para-hydroxylation sites is 1. The number of aromatic nitrogens is 2. The van der Waals surface area contributed by atoms with Gasteiger partial charge in [0.25, 0.3) is 5.91 Å². The number of rotatable bonds is 3. The molecule has 1 aliphatic heterocycles. The van der Waals surface area contributed by atoms with Crippen molar-refractivity contribution in [2.45, 2.75) is 12.5 Å². The molecule has 5 heteroatoms. The second-order valence-electron chi connectivity index (χ2n) is 5.70. The van der Waals surface area contributed by atoms with Crippen molar-refractivity contribution in [3.8, 4) is 11.4 Å². The van der Waals surface area contributed by atoms with E-state index in [0.717, 1.165) is 23.4 Å². The smallest absolute Gasteiger partial charge is 0.251 e. The number of hydrogen-bond donors (Lipinski definition) is 1. The summed E-state index contributed by atoms with van der Waals surface area (Å²) in [6, 6.07) is 17.1. The molecule has 4 rings (SSSR count). The van der Waals surface area contributed by atoms with Gasteiger partial charge in [0.1, 0.15) is 5.75 Å². The maximum atomic E-state index is 12.5. The average molecular weight is 319 g/mol. The maximum Gasteiger partial charge on any atom is 0.251 e. The fourth-order valence-corrected chi connectivity index (χ4v) is 2.92. The van der Waals surface area contributed by atoms with E-state index >= 15 is 0 Å². The molecule has 2 aromatic carbocycles. The van der Waals surface area contributed by atoms with Crippen LogP contribution >= 0.6 is 0 Å². The van der Waals surface area contributed by atoms with Gasteiger partial charge in [-0.15, -0.1) is 0 Å². The van der Waals surface area contributed by atoms with Crippen molar-refractivity contribution in [1.29, 1.82) is 0 Å². The van der Waals surface area contributed by atoms with Gasteiger partial charge in [0, 0.05) is 29.9 Å². The summed E-state index contributed by atoms with van der Waals surface area (Å²) in [5.41, 5.74) is 2.59. The van der Waals surface area contributed by atoms with E-state index in [2.05, 4.69) is 10.4 Å². The molecule has 1 aliphatic rings. The molecule has 0 bridgehead atoms. The van der Waals surface area contributed by atoms with E-state index in [4.69, 9.17) is 4.74 Å². The Morgan fingerprint density at radius 2 is 1.96 bits per heavy atom. The summed E-state index contributed by atoms with van der Waals surface area (Å²) in [7, 11) is 0. The molecule has 0 spiro atoms. The molecule has 1 amide bonds. The first-order valence-corrected chi connectivity index (χ1v) is 7.94. The summed E-state index contributed by atoms with van der Waals surface area (Å²) in [6.45, 7) is 0.611. The number of hydrogen-bond acceptors (Lipinski definition) is 3. The van der Waals surface area contributed by atoms with Crippen molar-refractivity contribution in [2.75, 3.05) is 6.61 Å². The molecule has 2 heterocycles. The number of carbonyl (C=O) groups excluding carboxylic acids is 1. The van der Waals surface area contributed by atoms with E-state index in [1.165, 1.54) is 0 Å². The molecule has 1 atom stereocenters. The Morgan fingerprint density at radius 1 is 1.12 bits per heavy atom. The Kier molecular flexibility index (Phi) is 3.75. The molecule has 120 valence electrons. The lowest BCUT2D eigenvalue weighted by atomic mass is 10.00. The molecule has 3 aromatic rings. The van der Waals surface area contributed by atoms with E-state index < -0.39 is 0 Å². The number of carbonyl (C=O) groups is 1. The number of fused-ring (bicyclic) bond motifs is 1. The van der Waals surface area contributed by atoms with Crippen LogP contribution in [0, 0.1) is 0 Å². The van der Waals surface area contributed by atoms with Crippen LogP contribution in [0.2, 0.25) is 0 Å². The molecule has 0 saturated carbocycles. The van der Waals surface area contributed by atoms with Crippen LogP contribution in [0.25, 0.3) is 5.69 Å². The van der Waals surface area contributed by atoms with Gasteiger partial charge in [0.15, 0.2) is 0 Å². The van der Waals surface area contributed by atoms with Crippen molar-refractivity contribution in [3.63, 3.8) is 0 Å². The Bertz CT molecular complexity index is 841. The van der Waals surface area contributed by atoms with Crippen molar-refractivity contribution >= 4 is 5.91 Å². The van der Waals surface area contributed by atoms with Crippen LogP contribution in [0.4, 0.5) is 0 Å². The molecule has 0 fully saturated rings. The SMILES string of the molecule is O=C(N[C@@H]1CCOc2ccccc21)c1ccc(-n2cccn2)cc1. The minimum absolute atomic E-state index is 0.0201. The second-order valence-corrected chi connectivity index (χ2v) is 5.70. The molecule has 5 nitrogen and oxygen atoms in total. The molecule has 0 saturated heterocycles. The van der Waals surface area contributed by atoms with Gasteiger partial charge in [-0.2, -0.15) is 5.10 Å². The third-order valence-corrected chi connectivity index (χ3v) is 4.16. The van der Waals surface area contributed by atoms with E-state index in [9.17, 15) is 4.79 Å². The van der Waals surface area contributed by atoms with E-state index in [-0.39, 0.29) is 11.9 Å². The molecule has 24 heavy (non-hydrogen) atoms. The maximum absolute atomic E-state index is 12.5. The zero-order valence-electron chi connectivity index (χ0n) is 13.1. The van der Waals surface area contributed by atoms with Gasteiger partial charge in [-0.25, -0.2) is 4.68 Å². The topological polar surface area (TPSA) is 56.1 Å². The van der Waals surface area contributed by atoms with Crippen LogP contribution in [-0.4, -0.2) is 22.3 Å². The first kappa shape index (κ1) is 14.5. The van der Waals surface area contributed by atoms with E-state index in [1.807, 2.05) is 60.8 Å². The van der Waals surface area contributed by atoms with Gasteiger partial charge in [0.05, 0.1) is 18.3 Å². The van der Waals surface area contributed by atoms with Crippen molar-refractivity contribution in [3.05, 3.63) is 78.1 Å². The van der Waals surface area contributed by atoms with Crippen LogP contribution in [0.3, 0.4) is 0 Å². The molecule has 0 radical (unpaired) electrons. The second kappa shape index (κ2) is 6.20. The Balaban J connectivity index is 1.51. The largest absolute Gasteiger partial charge is 0.493 e. The fraction of sp³-hybridized carbons (Fsp3) is 0.158. The minimum atomic E-state index is -0.0799. The monoisotopic (exact) mass is 319 g/mol. The molecular formula is C19H17N3O2. The first-order chi connectivity index (χ1) is 11.8. The highest BCUT2D eigenvalue weighted by Crippen LogP contribution is 2.31. The summed E-state index contributed by atoms with van der Waals surface area (Å²) in [5, 5.41) is 7.29. The highest BCUT2D eigenvalue weighted by molar-refractivity contribution is 5.94. The van der Waals surface area contributed by atoms with Gasteiger partial charge in [-0.3, -0.25) is 4.79 Å². The van der Waals surface area contributed by atoms with Crippen LogP contribution < -0.4 is 10.1 Å². The lowest BCUT2D eigenvalue weighted by Gasteiger charge is -2.26. The summed E-state index contributed by atoms with van der Waals surface area (Å²) in [6.07, 6.45) is 4.37. The summed E-state index contributed by atoms with van der Waals surface area (Å²) < 4.78 is 7.40. The number of nitrogens with zero attached hydrogens (tertiary/aromatic N) is 2. The molecule has 1 N–H and O–H groups in total. The van der Waals surface area contributed by atoms with Gasteiger partial charge in [-0.1, -0.05) is 18.2 Å². The first-order valence-electron chi connectivity index (χ1n) is 7.94. The van der Waals surface area contributed by atoms with Crippen LogP contribution in [-0.2, 0) is 0 Å². The standard InChI is InChI=1S/C19H17N3O2/c23-19(14-6-8-15(9-7-14)22-12-3-11-20-22)21-17-10-13-24-18-5-2-1-4-16(17)18/h1-9,11-12,17H,10,13H2,(H,21,23)/t17-/m1/s1. The predicted molar refractivity (Wildman–Crippen MR) is 90.3 cm³/mol. The van der Waals surface area contributed by atoms with Crippen molar-refractivity contribution in [1.82, 2.24) is 15.1 Å². The average Bonchev–Trinajstić information content (AvgIpc) is 3.17. The minimum Gasteiger partial charge on any atom is -0.493 e. The number of benzene rings is 2. The van der Waals surface area contributed by atoms with Gasteiger partial charge in [0.2, 0.25) is 0 Å². The zero-order valence-corrected chi connectivity index (χ0v) is 13.1. The van der Waals surface area contributed by atoms with Gasteiger partial charge < -0.3 is 10.1 Å². The molecule has 0 unspecified atom stereocenters. The Morgan fingerprint density at radius 3 is 2.75 bits per heavy atom. The van der Waals surface area contributed by atoms with Crippen LogP contribution in [0.5, 0.6) is 5.75 Å². The zero-order chi connectivity index (χ0) is 16.4. The van der Waals surface area contributed by atoms with Crippen molar-refractivity contribution < 1.29 is 9.53 Å². The highest BCUT2D eigenvalue weighted by Gasteiger charge is 2.22. The summed E-state index contributed by atoms with van der Waals surface area (Å²) >= 11 is 0. The highest BCUT2D eigenvalue weighted by atomic mass is 16.5. The summed E-state index contributed by atoms with van der Waals surface area (Å²) in [5.74, 6) is 0.770. The fourth-order valence-electron chi connectivity index (χ4n) is 2.92. The molecular weight excluding hydrogens is 302 g/mol. The van der Waals surface area contributed by atoms with E-state index in [0.29, 0.717) is 12.2 Å². The van der Waals surface area contributed by atoms with Crippen LogP contribution in [0.1, 0.15) is 28.4 Å². The number of nitrogens with one attached hydrogen (secondary N) is 1. The van der Waals surface area contributed by atoms with Gasteiger partial charge >= 0.3 is 0 Å². The predicted octanol–water partition coefficient (Wildman–Crippen LogP) is 3.13. The van der Waals surface area contributed by atoms with E-state index in [1.54, 1.807) is 10.9 Å². The molecule has 1 aromatic heterocycles. The third kappa shape index (κ3) is 2.76. The number of amides is 1. The number of ether oxygens (including phenoxy) is 1. The lowest BCUT2D eigenvalue weighted by molar-refractivity contribution is 0.0925. The Hall–Kier alpha value is -3.08. The van der Waals surface area contributed by atoms with Crippen molar-refractivity contribution in [2.24, 2.45) is 0 Å². The normalized spacial score (nSPS) is 16.1. The van der Waals surface area contributed by atoms with Crippen LogP contribution in [0.15, 0.2) is 67.0 Å². The quantitative estimate of drug-likeness (QED) is 0.807. The lowest BCUT2D eigenvalue weighted by Crippen LogP contribution is -2.32. The summed E-state index contributed by atoms with van der Waals surface area (Å²) in [4.78, 5) is 12.5. The third-order valence-electron chi connectivity index (χ3n) is 4.16.